The van der Waals surface area contributed by atoms with Crippen molar-refractivity contribution in [2.45, 2.75) is 27.7 Å². The van der Waals surface area contributed by atoms with Gasteiger partial charge in [-0.1, -0.05) is 18.2 Å². The van der Waals surface area contributed by atoms with Crippen LogP contribution in [0.1, 0.15) is 38.1 Å². The Balaban J connectivity index is 2.18. The van der Waals surface area contributed by atoms with Gasteiger partial charge in [-0.25, -0.2) is 4.79 Å². The number of rotatable bonds is 11. The fourth-order valence-electron chi connectivity index (χ4n) is 2.91. The van der Waals surface area contributed by atoms with Gasteiger partial charge in [0.25, 0.3) is 5.91 Å². The Hall–Kier alpha value is -3.22. The van der Waals surface area contributed by atoms with Crippen molar-refractivity contribution in [3.8, 4) is 17.2 Å². The van der Waals surface area contributed by atoms with Crippen LogP contribution in [0.4, 0.5) is 5.69 Å². The SMILES string of the molecule is CCOc1cc(C(=O)OCC(=O)N(CC)c2ccccc2)cc(OCC)c1OCC. The zero-order chi connectivity index (χ0) is 21.9. The lowest BCUT2D eigenvalue weighted by Crippen LogP contribution is -2.34. The van der Waals surface area contributed by atoms with Gasteiger partial charge in [0.15, 0.2) is 18.1 Å². The van der Waals surface area contributed by atoms with E-state index in [1.54, 1.807) is 17.0 Å². The second kappa shape index (κ2) is 11.7. The van der Waals surface area contributed by atoms with Crippen LogP contribution < -0.4 is 19.1 Å². The van der Waals surface area contributed by atoms with Gasteiger partial charge in [0, 0.05) is 12.2 Å². The lowest BCUT2D eigenvalue weighted by molar-refractivity contribution is -0.121. The van der Waals surface area contributed by atoms with Crippen molar-refractivity contribution in [3.63, 3.8) is 0 Å². The number of ether oxygens (including phenoxy) is 4. The van der Waals surface area contributed by atoms with Gasteiger partial charge < -0.3 is 23.8 Å². The number of esters is 1. The molecule has 0 fully saturated rings. The van der Waals surface area contributed by atoms with Gasteiger partial charge in [-0.05, 0) is 52.0 Å². The summed E-state index contributed by atoms with van der Waals surface area (Å²) in [6.45, 7) is 8.69. The summed E-state index contributed by atoms with van der Waals surface area (Å²) in [5, 5.41) is 0. The summed E-state index contributed by atoms with van der Waals surface area (Å²) in [6.07, 6.45) is 0. The van der Waals surface area contributed by atoms with Crippen LogP contribution in [0.25, 0.3) is 0 Å². The average Bonchev–Trinajstić information content (AvgIpc) is 2.75. The lowest BCUT2D eigenvalue weighted by atomic mass is 10.2. The zero-order valence-electron chi connectivity index (χ0n) is 18.0. The van der Waals surface area contributed by atoms with Crippen molar-refractivity contribution >= 4 is 17.6 Å². The predicted molar refractivity (Wildman–Crippen MR) is 115 cm³/mol. The van der Waals surface area contributed by atoms with Gasteiger partial charge in [0.2, 0.25) is 5.75 Å². The number of hydrogen-bond acceptors (Lipinski definition) is 6. The number of carbonyl (C=O) groups is 2. The first-order chi connectivity index (χ1) is 14.5. The van der Waals surface area contributed by atoms with Gasteiger partial charge in [0.05, 0.1) is 25.4 Å². The molecule has 0 atom stereocenters. The Bertz CT molecular complexity index is 810. The quantitative estimate of drug-likeness (QED) is 0.515. The first kappa shape index (κ1) is 23.1. The fraction of sp³-hybridized carbons (Fsp3) is 0.391. The van der Waals surface area contributed by atoms with Crippen LogP contribution in [-0.4, -0.2) is 44.8 Å². The smallest absolute Gasteiger partial charge is 0.338 e. The highest BCUT2D eigenvalue weighted by Gasteiger charge is 2.21. The number of para-hydroxylation sites is 1. The molecule has 0 bridgehead atoms. The fourth-order valence-corrected chi connectivity index (χ4v) is 2.91. The van der Waals surface area contributed by atoms with Gasteiger partial charge in [-0.3, -0.25) is 4.79 Å². The predicted octanol–water partition coefficient (Wildman–Crippen LogP) is 4.09. The van der Waals surface area contributed by atoms with Crippen LogP contribution in [0, 0.1) is 0 Å². The molecular weight excluding hydrogens is 386 g/mol. The maximum absolute atomic E-state index is 12.6. The highest BCUT2D eigenvalue weighted by atomic mass is 16.5. The summed E-state index contributed by atoms with van der Waals surface area (Å²) < 4.78 is 22.2. The lowest BCUT2D eigenvalue weighted by Gasteiger charge is -2.21. The minimum Gasteiger partial charge on any atom is -0.490 e. The number of nitrogens with zero attached hydrogens (tertiary/aromatic N) is 1. The van der Waals surface area contributed by atoms with Crippen molar-refractivity contribution in [3.05, 3.63) is 48.0 Å². The van der Waals surface area contributed by atoms with E-state index in [9.17, 15) is 9.59 Å². The van der Waals surface area contributed by atoms with Gasteiger partial charge in [0.1, 0.15) is 0 Å². The third kappa shape index (κ3) is 5.89. The summed E-state index contributed by atoms with van der Waals surface area (Å²) in [7, 11) is 0. The standard InChI is InChI=1S/C23H29NO6/c1-5-24(18-12-10-9-11-13-18)21(25)16-30-23(26)17-14-19(27-6-2)22(29-8-4)20(15-17)28-7-3/h9-15H,5-8,16H2,1-4H3. The van der Waals surface area contributed by atoms with Crippen LogP contribution in [0.15, 0.2) is 42.5 Å². The molecule has 162 valence electrons. The van der Waals surface area contributed by atoms with Crippen molar-refractivity contribution < 1.29 is 28.5 Å². The molecule has 1 amide bonds. The van der Waals surface area contributed by atoms with Crippen molar-refractivity contribution in [1.82, 2.24) is 0 Å². The van der Waals surface area contributed by atoms with E-state index in [1.165, 1.54) is 0 Å². The van der Waals surface area contributed by atoms with E-state index < -0.39 is 5.97 Å². The number of anilines is 1. The molecule has 7 nitrogen and oxygen atoms in total. The zero-order valence-corrected chi connectivity index (χ0v) is 18.0. The van der Waals surface area contributed by atoms with E-state index in [0.717, 1.165) is 5.69 Å². The molecule has 0 aliphatic heterocycles. The van der Waals surface area contributed by atoms with E-state index in [1.807, 2.05) is 58.0 Å². The number of likely N-dealkylation sites (N-methyl/N-ethyl adjacent to an activating group) is 1. The van der Waals surface area contributed by atoms with Crippen LogP contribution >= 0.6 is 0 Å². The molecule has 0 heterocycles. The average molecular weight is 415 g/mol. The molecule has 0 unspecified atom stereocenters. The number of benzene rings is 2. The van der Waals surface area contributed by atoms with E-state index in [-0.39, 0.29) is 18.1 Å². The first-order valence-electron chi connectivity index (χ1n) is 10.1. The molecule has 2 rings (SSSR count). The Kier molecular flexibility index (Phi) is 9.00. The van der Waals surface area contributed by atoms with Crippen LogP contribution in [0.3, 0.4) is 0 Å². The molecule has 30 heavy (non-hydrogen) atoms. The van der Waals surface area contributed by atoms with E-state index in [2.05, 4.69) is 0 Å². The highest BCUT2D eigenvalue weighted by molar-refractivity contribution is 5.97. The maximum Gasteiger partial charge on any atom is 0.338 e. The topological polar surface area (TPSA) is 74.3 Å². The third-order valence-corrected chi connectivity index (χ3v) is 4.16. The van der Waals surface area contributed by atoms with Crippen molar-refractivity contribution in [2.24, 2.45) is 0 Å². The largest absolute Gasteiger partial charge is 0.490 e. The molecule has 0 aromatic heterocycles. The first-order valence-corrected chi connectivity index (χ1v) is 10.1. The number of hydrogen-bond donors (Lipinski definition) is 0. The summed E-state index contributed by atoms with van der Waals surface area (Å²) in [5.41, 5.74) is 0.972. The Labute approximate surface area is 177 Å². The monoisotopic (exact) mass is 415 g/mol. The van der Waals surface area contributed by atoms with Crippen molar-refractivity contribution in [1.29, 1.82) is 0 Å². The van der Waals surface area contributed by atoms with Crippen LogP contribution in [0.5, 0.6) is 17.2 Å². The minimum absolute atomic E-state index is 0.223. The van der Waals surface area contributed by atoms with Crippen LogP contribution in [-0.2, 0) is 9.53 Å². The number of carbonyl (C=O) groups excluding carboxylic acids is 2. The number of amides is 1. The summed E-state index contributed by atoms with van der Waals surface area (Å²) >= 11 is 0. The van der Waals surface area contributed by atoms with E-state index >= 15 is 0 Å². The molecule has 7 heteroatoms. The molecule has 0 saturated carbocycles. The van der Waals surface area contributed by atoms with Crippen LogP contribution in [0.2, 0.25) is 0 Å². The van der Waals surface area contributed by atoms with Gasteiger partial charge >= 0.3 is 5.97 Å². The summed E-state index contributed by atoms with van der Waals surface area (Å²) in [6, 6.07) is 12.3. The van der Waals surface area contributed by atoms with E-state index in [4.69, 9.17) is 18.9 Å². The Morgan fingerprint density at radius 3 is 1.90 bits per heavy atom. The van der Waals surface area contributed by atoms with E-state index in [0.29, 0.717) is 43.6 Å². The molecular formula is C23H29NO6. The molecule has 0 aliphatic rings. The normalized spacial score (nSPS) is 10.3. The highest BCUT2D eigenvalue weighted by Crippen LogP contribution is 2.39. The molecule has 2 aromatic rings. The van der Waals surface area contributed by atoms with Gasteiger partial charge in [-0.2, -0.15) is 0 Å². The third-order valence-electron chi connectivity index (χ3n) is 4.16. The Morgan fingerprint density at radius 2 is 1.40 bits per heavy atom. The molecule has 0 saturated heterocycles. The second-order valence-corrected chi connectivity index (χ2v) is 6.15. The minimum atomic E-state index is -0.641. The summed E-state index contributed by atoms with van der Waals surface area (Å²) in [4.78, 5) is 26.8. The van der Waals surface area contributed by atoms with Gasteiger partial charge in [-0.15, -0.1) is 0 Å². The second-order valence-electron chi connectivity index (χ2n) is 6.15. The molecule has 0 N–H and O–H groups in total. The molecule has 2 aromatic carbocycles. The molecule has 0 spiro atoms. The van der Waals surface area contributed by atoms with Crippen molar-refractivity contribution in [2.75, 3.05) is 37.9 Å². The maximum atomic E-state index is 12.6. The Morgan fingerprint density at radius 1 is 0.833 bits per heavy atom. The summed E-state index contributed by atoms with van der Waals surface area (Å²) in [5.74, 6) is 0.275. The molecule has 0 radical (unpaired) electrons. The molecule has 0 aliphatic carbocycles.